The Balaban J connectivity index is 1.16. The number of ketones is 4. The average molecular weight is 1090 g/mol. The molecule has 4 aliphatic rings. The van der Waals surface area contributed by atoms with E-state index in [1.807, 2.05) is 24.5 Å². The van der Waals surface area contributed by atoms with Crippen LogP contribution in [0.15, 0.2) is 73.1 Å². The van der Waals surface area contributed by atoms with Gasteiger partial charge in [0, 0.05) is 95.8 Å². The number of aromatic nitrogens is 2. The second-order valence-electron chi connectivity index (χ2n) is 25.1. The fourth-order valence-electron chi connectivity index (χ4n) is 15.0. The van der Waals surface area contributed by atoms with Gasteiger partial charge in [-0.2, -0.15) is 0 Å². The monoisotopic (exact) mass is 1090 g/mol. The number of anilines is 2. The van der Waals surface area contributed by atoms with Gasteiger partial charge in [0.1, 0.15) is 11.6 Å². The maximum absolute atomic E-state index is 15.9. The number of hydrogen-bond donors (Lipinski definition) is 1. The van der Waals surface area contributed by atoms with Crippen molar-refractivity contribution < 1.29 is 19.2 Å². The highest BCUT2D eigenvalue weighted by atomic mass is 16.2. The van der Waals surface area contributed by atoms with Gasteiger partial charge < -0.3 is 15.1 Å². The van der Waals surface area contributed by atoms with Gasteiger partial charge >= 0.3 is 0 Å². The van der Waals surface area contributed by atoms with Crippen LogP contribution < -0.4 is 15.1 Å². The van der Waals surface area contributed by atoms with Gasteiger partial charge in [-0.1, -0.05) is 162 Å². The van der Waals surface area contributed by atoms with Gasteiger partial charge in [-0.3, -0.25) is 19.2 Å². The van der Waals surface area contributed by atoms with E-state index in [9.17, 15) is 0 Å². The zero-order chi connectivity index (χ0) is 56.1. The van der Waals surface area contributed by atoms with Gasteiger partial charge in [-0.05, 0) is 136 Å². The summed E-state index contributed by atoms with van der Waals surface area (Å²) in [4.78, 5) is 77.9. The molecule has 5 aromatic carbocycles. The third-order valence-electron chi connectivity index (χ3n) is 19.6. The quantitative estimate of drug-likeness (QED) is 0.0245. The molecule has 0 spiro atoms. The normalized spacial score (nSPS) is 18.0. The van der Waals surface area contributed by atoms with Gasteiger partial charge in [0.05, 0.1) is 11.8 Å². The van der Waals surface area contributed by atoms with Gasteiger partial charge in [-0.25, -0.2) is 9.97 Å². The van der Waals surface area contributed by atoms with Gasteiger partial charge in [0.2, 0.25) is 0 Å². The summed E-state index contributed by atoms with van der Waals surface area (Å²) < 4.78 is 0. The number of rotatable bonds is 26. The zero-order valence-electron chi connectivity index (χ0n) is 49.5. The standard InChI is InChI=1S/C72H89N5O4/c1-6-10-14-18-22-47(23-19-15-11-7-2)61-69(78)53-31-29-52-64-56(50-27-33-60(75-45-50)77-40-36-73-37-41-77)43-58-66-54(70(79)62(72(58)81)48(24-20-16-12-8-3)25-21-17-13-9-4)30-28-51(68(64)66)63-55(42-57(71(61)80)65(53)67(52)63)49-26-32-59(74-44-49)76-38-34-46(5)35-39-76/h26-33,42-48,61-62,73H,6-25,34-41H2,1-5H3. The van der Waals surface area contributed by atoms with E-state index in [4.69, 9.17) is 9.97 Å². The molecule has 0 bridgehead atoms. The molecule has 2 aliphatic carbocycles. The first-order valence-corrected chi connectivity index (χ1v) is 32.3. The third-order valence-corrected chi connectivity index (χ3v) is 19.6. The van der Waals surface area contributed by atoms with Crippen molar-refractivity contribution in [2.45, 2.75) is 176 Å². The number of fused-ring (bicyclic) bond motifs is 2. The van der Waals surface area contributed by atoms with Crippen LogP contribution in [0.3, 0.4) is 0 Å². The van der Waals surface area contributed by atoms with Crippen LogP contribution in [0.2, 0.25) is 0 Å². The summed E-state index contributed by atoms with van der Waals surface area (Å²) in [5.41, 5.74) is 5.99. The number of unbranched alkanes of at least 4 members (excludes halogenated alkanes) is 12. The lowest BCUT2D eigenvalue weighted by molar-refractivity contribution is 0.0714. The molecule has 2 aromatic heterocycles. The summed E-state index contributed by atoms with van der Waals surface area (Å²) in [5.74, 6) is 0.720. The molecule has 7 aromatic rings. The van der Waals surface area contributed by atoms with Crippen molar-refractivity contribution in [2.75, 3.05) is 49.1 Å². The van der Waals surface area contributed by atoms with Crippen molar-refractivity contribution >= 4 is 77.9 Å². The Morgan fingerprint density at radius 3 is 1.19 bits per heavy atom. The van der Waals surface area contributed by atoms with Gasteiger partial charge in [0.15, 0.2) is 23.1 Å². The molecule has 2 atom stereocenters. The van der Waals surface area contributed by atoms with Crippen LogP contribution in [0.4, 0.5) is 11.6 Å². The summed E-state index contributed by atoms with van der Waals surface area (Å²) in [6.07, 6.45) is 27.1. The molecule has 426 valence electrons. The first kappa shape index (κ1) is 56.8. The molecule has 4 heterocycles. The van der Waals surface area contributed by atoms with Gasteiger partial charge in [-0.15, -0.1) is 0 Å². The highest BCUT2D eigenvalue weighted by Gasteiger charge is 2.44. The van der Waals surface area contributed by atoms with Crippen molar-refractivity contribution in [3.05, 3.63) is 95.3 Å². The Hall–Kier alpha value is -6.06. The molecule has 81 heavy (non-hydrogen) atoms. The smallest absolute Gasteiger partial charge is 0.174 e. The predicted molar refractivity (Wildman–Crippen MR) is 336 cm³/mol. The number of nitrogens with one attached hydrogen (secondary N) is 1. The van der Waals surface area contributed by atoms with E-state index < -0.39 is 11.8 Å². The van der Waals surface area contributed by atoms with Crippen molar-refractivity contribution in [1.29, 1.82) is 0 Å². The highest BCUT2D eigenvalue weighted by molar-refractivity contribution is 6.45. The molecule has 9 heteroatoms. The first-order valence-electron chi connectivity index (χ1n) is 32.3. The van der Waals surface area contributed by atoms with Gasteiger partial charge in [0.25, 0.3) is 0 Å². The van der Waals surface area contributed by atoms with E-state index in [0.29, 0.717) is 28.2 Å². The minimum absolute atomic E-state index is 0.0443. The second-order valence-corrected chi connectivity index (χ2v) is 25.1. The number of benzene rings is 5. The highest BCUT2D eigenvalue weighted by Crippen LogP contribution is 2.54. The van der Waals surface area contributed by atoms with Crippen molar-refractivity contribution in [1.82, 2.24) is 15.3 Å². The predicted octanol–water partition coefficient (Wildman–Crippen LogP) is 17.6. The SMILES string of the molecule is CCCCCCC(CCCCCC)C1C(=O)c2ccc3c4c(-c5ccc(N6CCC(C)CC6)nc5)cc5c6c(ccc(c7c(-c8ccc(N9CCNCC9)nc8)cc(c2c37)C1=O)c64)C(=O)C(C(CCCCCC)CCCCCC)C5=O. The molecule has 0 amide bonds. The van der Waals surface area contributed by atoms with E-state index in [1.165, 1.54) is 0 Å². The zero-order valence-corrected chi connectivity index (χ0v) is 49.5. The molecular formula is C72H89N5O4. The number of piperidine rings is 1. The lowest BCUT2D eigenvalue weighted by Crippen LogP contribution is -2.43. The Morgan fingerprint density at radius 2 is 0.815 bits per heavy atom. The molecule has 9 nitrogen and oxygen atoms in total. The van der Waals surface area contributed by atoms with Crippen LogP contribution >= 0.6 is 0 Å². The fraction of sp³-hybridized carbons (Fsp3) is 0.528. The summed E-state index contributed by atoms with van der Waals surface area (Å²) >= 11 is 0. The summed E-state index contributed by atoms with van der Waals surface area (Å²) in [6, 6.07) is 21.1. The molecule has 1 N–H and O–H groups in total. The van der Waals surface area contributed by atoms with Crippen molar-refractivity contribution in [2.24, 2.45) is 29.6 Å². The van der Waals surface area contributed by atoms with Crippen molar-refractivity contribution in [3.63, 3.8) is 0 Å². The molecule has 11 rings (SSSR count). The van der Waals surface area contributed by atoms with E-state index in [1.54, 1.807) is 0 Å². The lowest BCUT2D eigenvalue weighted by Gasteiger charge is -2.33. The Morgan fingerprint density at radius 1 is 0.432 bits per heavy atom. The second kappa shape index (κ2) is 25.6. The largest absolute Gasteiger partial charge is 0.357 e. The first-order chi connectivity index (χ1) is 39.7. The number of carbonyl (C=O) groups is 4. The van der Waals surface area contributed by atoms with Crippen LogP contribution in [-0.4, -0.2) is 72.4 Å². The van der Waals surface area contributed by atoms with Crippen LogP contribution in [0.5, 0.6) is 0 Å². The fourth-order valence-corrected chi connectivity index (χ4v) is 15.0. The number of carbonyl (C=O) groups excluding carboxylic acids is 4. The average Bonchev–Trinajstić information content (AvgIpc) is 2.41. The molecule has 0 saturated carbocycles. The van der Waals surface area contributed by atoms with E-state index in [-0.39, 0.29) is 35.0 Å². The Bertz CT molecular complexity index is 3360. The summed E-state index contributed by atoms with van der Waals surface area (Å²) in [7, 11) is 0. The number of Topliss-reactive ketones (excluding diaryl/α,β-unsaturated/α-hetero) is 4. The van der Waals surface area contributed by atoms with Crippen LogP contribution in [0.25, 0.3) is 65.3 Å². The molecule has 2 aliphatic heterocycles. The molecule has 2 unspecified atom stereocenters. The number of piperazine rings is 1. The summed E-state index contributed by atoms with van der Waals surface area (Å²) in [5, 5.41) is 10.3. The minimum Gasteiger partial charge on any atom is -0.357 e. The van der Waals surface area contributed by atoms with E-state index in [2.05, 4.69) is 98.3 Å². The summed E-state index contributed by atoms with van der Waals surface area (Å²) in [6.45, 7) is 16.7. The molecule has 2 fully saturated rings. The Kier molecular flexibility index (Phi) is 18.0. The Labute approximate surface area is 482 Å². The lowest BCUT2D eigenvalue weighted by atomic mass is 9.68. The van der Waals surface area contributed by atoms with Crippen molar-refractivity contribution in [3.8, 4) is 22.3 Å². The number of pyridine rings is 2. The third kappa shape index (κ3) is 11.1. The number of hydrogen-bond acceptors (Lipinski definition) is 9. The maximum Gasteiger partial charge on any atom is 0.174 e. The number of nitrogens with zero attached hydrogens (tertiary/aromatic N) is 4. The molecule has 2 saturated heterocycles. The van der Waals surface area contributed by atoms with E-state index >= 15 is 19.2 Å². The topological polar surface area (TPSA) is 113 Å². The molecule has 0 radical (unpaired) electrons. The minimum atomic E-state index is -0.751. The van der Waals surface area contributed by atoms with E-state index in [0.717, 1.165) is 258 Å². The van der Waals surface area contributed by atoms with Crippen LogP contribution in [0.1, 0.15) is 217 Å². The van der Waals surface area contributed by atoms with Crippen LogP contribution in [0, 0.1) is 29.6 Å². The van der Waals surface area contributed by atoms with Crippen LogP contribution in [-0.2, 0) is 0 Å². The molecular weight excluding hydrogens is 999 g/mol. The maximum atomic E-state index is 15.9.